The van der Waals surface area contributed by atoms with Crippen molar-refractivity contribution >= 4 is 40.7 Å². The molecule has 3 aromatic rings. The van der Waals surface area contributed by atoms with E-state index in [-0.39, 0.29) is 5.56 Å². The Bertz CT molecular complexity index is 1040. The first kappa shape index (κ1) is 21.1. The zero-order chi connectivity index (χ0) is 21.0. The van der Waals surface area contributed by atoms with Gasteiger partial charge in [-0.2, -0.15) is 13.9 Å². The van der Waals surface area contributed by atoms with Crippen LogP contribution in [0.1, 0.15) is 28.5 Å². The summed E-state index contributed by atoms with van der Waals surface area (Å²) in [6.45, 7) is 1.80. The van der Waals surface area contributed by atoms with E-state index in [1.54, 1.807) is 24.5 Å². The Labute approximate surface area is 174 Å². The van der Waals surface area contributed by atoms with Gasteiger partial charge >= 0.3 is 12.3 Å². The summed E-state index contributed by atoms with van der Waals surface area (Å²) in [5.41, 5.74) is 5.86. The molecule has 10 heteroatoms. The lowest BCUT2D eigenvalue weighted by molar-refractivity contribution is -0.132. The summed E-state index contributed by atoms with van der Waals surface area (Å²) in [5.74, 6) is -1.63. The number of halogens is 3. The van der Waals surface area contributed by atoms with Gasteiger partial charge in [0.15, 0.2) is 0 Å². The molecular formula is C19H17ClF2N4O2S. The van der Waals surface area contributed by atoms with Gasteiger partial charge in [0.2, 0.25) is 0 Å². The second-order valence-electron chi connectivity index (χ2n) is 6.00. The van der Waals surface area contributed by atoms with E-state index in [2.05, 4.69) is 5.10 Å². The lowest BCUT2D eigenvalue weighted by Crippen LogP contribution is -2.44. The number of nitrogens with zero attached hydrogens (tertiary/aromatic N) is 2. The second kappa shape index (κ2) is 9.23. The Kier molecular flexibility index (Phi) is 6.71. The molecule has 152 valence electrons. The van der Waals surface area contributed by atoms with E-state index in [4.69, 9.17) is 11.6 Å². The Balaban J connectivity index is 1.90. The van der Waals surface area contributed by atoms with E-state index >= 15 is 0 Å². The van der Waals surface area contributed by atoms with Crippen molar-refractivity contribution in [2.75, 3.05) is 0 Å². The minimum absolute atomic E-state index is 0.172. The highest BCUT2D eigenvalue weighted by Gasteiger charge is 2.22. The SMILES string of the molecule is CCc1nn2c(Cl)cc(SCc3ccccc3)cc2c1C(=O)NNC(=O)C(F)F. The Hall–Kier alpha value is -2.65. The monoisotopic (exact) mass is 438 g/mol. The number of carbonyl (C=O) groups excluding carboxylic acids is 2. The average Bonchev–Trinajstić information content (AvgIpc) is 3.10. The third-order valence-electron chi connectivity index (χ3n) is 4.04. The van der Waals surface area contributed by atoms with Crippen LogP contribution in [0, 0.1) is 0 Å². The summed E-state index contributed by atoms with van der Waals surface area (Å²) in [6.07, 6.45) is -2.82. The normalized spacial score (nSPS) is 11.1. The van der Waals surface area contributed by atoms with Crippen molar-refractivity contribution < 1.29 is 18.4 Å². The van der Waals surface area contributed by atoms with Crippen LogP contribution in [-0.4, -0.2) is 27.9 Å². The third-order valence-corrected chi connectivity index (χ3v) is 5.36. The molecule has 0 spiro atoms. The fraction of sp³-hybridized carbons (Fsp3) is 0.211. The number of alkyl halides is 2. The molecule has 0 fully saturated rings. The van der Waals surface area contributed by atoms with Crippen molar-refractivity contribution in [3.05, 3.63) is 64.4 Å². The molecule has 2 amide bonds. The predicted molar refractivity (Wildman–Crippen MR) is 107 cm³/mol. The number of thioether (sulfide) groups is 1. The number of nitrogens with one attached hydrogen (secondary N) is 2. The Morgan fingerprint density at radius 1 is 1.21 bits per heavy atom. The minimum Gasteiger partial charge on any atom is -0.267 e. The smallest absolute Gasteiger partial charge is 0.267 e. The number of fused-ring (bicyclic) bond motifs is 1. The molecule has 2 heterocycles. The van der Waals surface area contributed by atoms with Gasteiger partial charge in [-0.3, -0.25) is 20.4 Å². The summed E-state index contributed by atoms with van der Waals surface area (Å²) in [5, 5.41) is 4.64. The van der Waals surface area contributed by atoms with E-state index in [0.29, 0.717) is 28.5 Å². The molecule has 2 N–H and O–H groups in total. The van der Waals surface area contributed by atoms with Crippen LogP contribution >= 0.6 is 23.4 Å². The van der Waals surface area contributed by atoms with Gasteiger partial charge in [-0.25, -0.2) is 4.52 Å². The number of carbonyl (C=O) groups is 2. The van der Waals surface area contributed by atoms with Gasteiger partial charge in [0.1, 0.15) is 5.15 Å². The lowest BCUT2D eigenvalue weighted by Gasteiger charge is -2.08. The van der Waals surface area contributed by atoms with Crippen LogP contribution in [0.5, 0.6) is 0 Å². The van der Waals surface area contributed by atoms with Crippen molar-refractivity contribution in [3.8, 4) is 0 Å². The number of rotatable bonds is 6. The molecule has 6 nitrogen and oxygen atoms in total. The van der Waals surface area contributed by atoms with Crippen LogP contribution in [0.15, 0.2) is 47.4 Å². The van der Waals surface area contributed by atoms with E-state index < -0.39 is 18.2 Å². The summed E-state index contributed by atoms with van der Waals surface area (Å²) < 4.78 is 26.1. The minimum atomic E-state index is -3.24. The number of benzene rings is 1. The van der Waals surface area contributed by atoms with Gasteiger partial charge < -0.3 is 0 Å². The van der Waals surface area contributed by atoms with Gasteiger partial charge in [-0.1, -0.05) is 48.9 Å². The van der Waals surface area contributed by atoms with Gasteiger partial charge in [-0.15, -0.1) is 11.8 Å². The van der Waals surface area contributed by atoms with E-state index in [1.807, 2.05) is 35.8 Å². The summed E-state index contributed by atoms with van der Waals surface area (Å²) in [4.78, 5) is 24.4. The number of aryl methyl sites for hydroxylation is 1. The third kappa shape index (κ3) is 4.86. The molecule has 0 bridgehead atoms. The fourth-order valence-corrected chi connectivity index (χ4v) is 3.91. The van der Waals surface area contributed by atoms with Gasteiger partial charge in [0.05, 0.1) is 16.8 Å². The molecule has 0 aliphatic heterocycles. The Morgan fingerprint density at radius 2 is 1.93 bits per heavy atom. The molecule has 29 heavy (non-hydrogen) atoms. The van der Waals surface area contributed by atoms with Crippen molar-refractivity contribution in [2.45, 2.75) is 30.4 Å². The maximum absolute atomic E-state index is 12.6. The van der Waals surface area contributed by atoms with Crippen LogP contribution in [0.3, 0.4) is 0 Å². The highest BCUT2D eigenvalue weighted by molar-refractivity contribution is 7.98. The standard InChI is InChI=1S/C19H17ClF2N4O2S/c1-2-13-16(18(27)23-24-19(28)17(21)22)14-8-12(9-15(20)26(14)25-13)29-10-11-6-4-3-5-7-11/h3-9,17H,2,10H2,1H3,(H,23,27)(H,24,28). The number of hydrazine groups is 1. The molecule has 3 rings (SSSR count). The zero-order valence-corrected chi connectivity index (χ0v) is 16.9. The molecule has 0 aliphatic carbocycles. The number of hydrogen-bond donors (Lipinski definition) is 2. The first-order chi connectivity index (χ1) is 13.9. The number of amides is 2. The summed E-state index contributed by atoms with van der Waals surface area (Å²) in [6, 6.07) is 13.4. The first-order valence-corrected chi connectivity index (χ1v) is 10.0. The first-order valence-electron chi connectivity index (χ1n) is 8.67. The molecule has 0 atom stereocenters. The van der Waals surface area contributed by atoms with Crippen molar-refractivity contribution in [2.24, 2.45) is 0 Å². The molecular weight excluding hydrogens is 422 g/mol. The molecule has 1 aromatic carbocycles. The van der Waals surface area contributed by atoms with Gasteiger partial charge in [-0.05, 0) is 24.1 Å². The second-order valence-corrected chi connectivity index (χ2v) is 7.44. The molecule has 0 saturated carbocycles. The van der Waals surface area contributed by atoms with Crippen LogP contribution in [0.2, 0.25) is 5.15 Å². The predicted octanol–water partition coefficient (Wildman–Crippen LogP) is 3.87. The van der Waals surface area contributed by atoms with E-state index in [1.165, 1.54) is 16.3 Å². The molecule has 0 aliphatic rings. The number of aromatic nitrogens is 2. The van der Waals surface area contributed by atoms with E-state index in [9.17, 15) is 18.4 Å². The average molecular weight is 439 g/mol. The zero-order valence-electron chi connectivity index (χ0n) is 15.3. The van der Waals surface area contributed by atoms with Crippen LogP contribution in [-0.2, 0) is 17.0 Å². The molecule has 0 unspecified atom stereocenters. The number of pyridine rings is 1. The molecule has 0 radical (unpaired) electrons. The van der Waals surface area contributed by atoms with Gasteiger partial charge in [0, 0.05) is 10.6 Å². The molecule has 0 saturated heterocycles. The number of hydrogen-bond acceptors (Lipinski definition) is 4. The summed E-state index contributed by atoms with van der Waals surface area (Å²) >= 11 is 7.88. The van der Waals surface area contributed by atoms with Crippen molar-refractivity contribution in [1.29, 1.82) is 0 Å². The van der Waals surface area contributed by atoms with Gasteiger partial charge in [0.25, 0.3) is 5.91 Å². The maximum Gasteiger partial charge on any atom is 0.317 e. The highest BCUT2D eigenvalue weighted by Crippen LogP contribution is 2.30. The van der Waals surface area contributed by atoms with Crippen molar-refractivity contribution in [3.63, 3.8) is 0 Å². The molecule has 2 aromatic heterocycles. The maximum atomic E-state index is 12.6. The van der Waals surface area contributed by atoms with E-state index in [0.717, 1.165) is 10.5 Å². The summed E-state index contributed by atoms with van der Waals surface area (Å²) in [7, 11) is 0. The fourth-order valence-electron chi connectivity index (χ4n) is 2.68. The van der Waals surface area contributed by atoms with Crippen LogP contribution < -0.4 is 10.9 Å². The largest absolute Gasteiger partial charge is 0.317 e. The highest BCUT2D eigenvalue weighted by atomic mass is 35.5. The van der Waals surface area contributed by atoms with Crippen LogP contribution in [0.25, 0.3) is 5.52 Å². The van der Waals surface area contributed by atoms with Crippen molar-refractivity contribution in [1.82, 2.24) is 20.5 Å². The quantitative estimate of drug-likeness (QED) is 0.348. The Morgan fingerprint density at radius 3 is 2.59 bits per heavy atom. The van der Waals surface area contributed by atoms with Crippen LogP contribution in [0.4, 0.5) is 8.78 Å². The topological polar surface area (TPSA) is 75.5 Å². The lowest BCUT2D eigenvalue weighted by atomic mass is 10.1.